The van der Waals surface area contributed by atoms with Gasteiger partial charge in [-0.15, -0.1) is 0 Å². The fourth-order valence-electron chi connectivity index (χ4n) is 12.9. The maximum atomic E-state index is 15.2. The van der Waals surface area contributed by atoms with E-state index in [1.807, 2.05) is 36.4 Å². The highest BCUT2D eigenvalue weighted by Crippen LogP contribution is 2.78. The molecule has 6 aliphatic carbocycles. The summed E-state index contributed by atoms with van der Waals surface area (Å²) in [6.07, 6.45) is 5.53. The fourth-order valence-corrected chi connectivity index (χ4v) is 13.1. The molecule has 3 fully saturated rings. The second kappa shape index (κ2) is 15.4. The Kier molecular flexibility index (Phi) is 10.6. The first-order valence-electron chi connectivity index (χ1n) is 21.8. The Hall–Kier alpha value is -4.84. The Morgan fingerprint density at radius 3 is 2.30 bits per heavy atom. The molecule has 0 saturated heterocycles. The van der Waals surface area contributed by atoms with E-state index < -0.39 is 39.7 Å². The number of hydrogen-bond donors (Lipinski definition) is 2. The smallest absolute Gasteiger partial charge is 0.416 e. The van der Waals surface area contributed by atoms with Gasteiger partial charge in [-0.2, -0.15) is 13.2 Å². The highest BCUT2D eigenvalue weighted by atomic mass is 35.5. The summed E-state index contributed by atoms with van der Waals surface area (Å²) in [5, 5.41) is 24.5. The van der Waals surface area contributed by atoms with Gasteiger partial charge in [-0.25, -0.2) is 0 Å². The molecule has 1 amide bonds. The van der Waals surface area contributed by atoms with Crippen molar-refractivity contribution in [3.8, 4) is 22.8 Å². The molecule has 4 aromatic rings. The topological polar surface area (TPSA) is 109 Å². The van der Waals surface area contributed by atoms with Crippen LogP contribution in [-0.2, 0) is 23.9 Å². The molecule has 3 saturated carbocycles. The number of hydrogen-bond acceptors (Lipinski definition) is 7. The summed E-state index contributed by atoms with van der Waals surface area (Å²) < 4.78 is 58.4. The predicted octanol–water partition coefficient (Wildman–Crippen LogP) is 10.7. The van der Waals surface area contributed by atoms with E-state index in [2.05, 4.69) is 32.1 Å². The summed E-state index contributed by atoms with van der Waals surface area (Å²) in [6, 6.07) is 21.1. The molecule has 8 atom stereocenters. The van der Waals surface area contributed by atoms with Gasteiger partial charge in [-0.05, 0) is 116 Å². The number of aliphatic hydroxyl groups excluding tert-OH is 1. The lowest BCUT2D eigenvalue weighted by atomic mass is 9.32. The van der Waals surface area contributed by atoms with Gasteiger partial charge >= 0.3 is 6.18 Å². The lowest BCUT2D eigenvalue weighted by molar-refractivity contribution is -0.178. The van der Waals surface area contributed by atoms with Crippen molar-refractivity contribution in [2.45, 2.75) is 89.6 Å². The van der Waals surface area contributed by atoms with Crippen molar-refractivity contribution in [2.75, 3.05) is 20.8 Å². The van der Waals surface area contributed by atoms with Gasteiger partial charge in [0.2, 0.25) is 11.7 Å². The number of benzene rings is 3. The molecule has 6 aliphatic rings. The van der Waals surface area contributed by atoms with Gasteiger partial charge < -0.3 is 29.0 Å². The molecule has 332 valence electrons. The molecule has 2 bridgehead atoms. The van der Waals surface area contributed by atoms with E-state index in [1.54, 1.807) is 31.3 Å². The molecule has 8 unspecified atom stereocenters. The Balaban J connectivity index is 1.09. The Labute approximate surface area is 370 Å². The number of ether oxygens (including phenoxy) is 2. The second-order valence-corrected chi connectivity index (χ2v) is 19.5. The van der Waals surface area contributed by atoms with Crippen molar-refractivity contribution in [3.05, 3.63) is 130 Å². The number of nitrogens with zero attached hydrogens (tertiary/aromatic N) is 1. The lowest BCUT2D eigenvalue weighted by Crippen LogP contribution is -2.67. The van der Waals surface area contributed by atoms with Crippen LogP contribution in [-0.4, -0.2) is 59.3 Å². The highest BCUT2D eigenvalue weighted by Gasteiger charge is 2.74. The molecular weight excluding hydrogens is 831 g/mol. The van der Waals surface area contributed by atoms with Crippen LogP contribution in [0.25, 0.3) is 11.3 Å². The van der Waals surface area contributed by atoms with E-state index in [9.17, 15) is 28.2 Å². The van der Waals surface area contributed by atoms with Gasteiger partial charge in [0.15, 0.2) is 17.3 Å². The van der Waals surface area contributed by atoms with Crippen LogP contribution in [0.1, 0.15) is 86.0 Å². The fraction of sp³-hybridized carbons (Fsp3) is 0.451. The number of amides is 1. The Morgan fingerprint density at radius 1 is 0.857 bits per heavy atom. The average molecular weight is 884 g/mol. The third-order valence-electron chi connectivity index (χ3n) is 16.2. The number of alkyl halides is 3. The van der Waals surface area contributed by atoms with E-state index in [-0.39, 0.29) is 70.6 Å². The first-order valence-corrected chi connectivity index (χ1v) is 22.2. The van der Waals surface area contributed by atoms with Gasteiger partial charge in [-0.1, -0.05) is 80.1 Å². The number of Topliss-reactive ketones (excluding diaryl/α,β-unsaturated/α-hetero) is 1. The van der Waals surface area contributed by atoms with E-state index in [1.165, 1.54) is 18.2 Å². The molecular formula is C51H53ClF3NO7. The van der Waals surface area contributed by atoms with Crippen molar-refractivity contribution in [1.29, 1.82) is 0 Å². The Morgan fingerprint density at radius 2 is 1.57 bits per heavy atom. The molecule has 0 radical (unpaired) electrons. The number of carbonyl (C=O) groups is 2. The number of halogens is 4. The lowest BCUT2D eigenvalue weighted by Gasteiger charge is -2.71. The summed E-state index contributed by atoms with van der Waals surface area (Å²) >= 11 is 6.42. The summed E-state index contributed by atoms with van der Waals surface area (Å²) in [5.74, 6) is 0.298. The zero-order valence-corrected chi connectivity index (χ0v) is 36.7. The van der Waals surface area contributed by atoms with Crippen LogP contribution >= 0.6 is 11.6 Å². The zero-order valence-electron chi connectivity index (χ0n) is 35.9. The number of methoxy groups -OCH3 is 2. The number of aliphatic hydroxyl groups is 2. The number of carbonyl (C=O) groups excluding carboxylic acids is 2. The molecule has 2 N–H and O–H groups in total. The van der Waals surface area contributed by atoms with E-state index in [0.717, 1.165) is 29.7 Å². The van der Waals surface area contributed by atoms with Crippen molar-refractivity contribution in [3.63, 3.8) is 0 Å². The minimum Gasteiger partial charge on any atom is -0.493 e. The molecule has 2 spiro atoms. The first-order chi connectivity index (χ1) is 29.9. The van der Waals surface area contributed by atoms with Crippen molar-refractivity contribution in [1.82, 2.24) is 4.90 Å². The molecule has 3 aromatic carbocycles. The summed E-state index contributed by atoms with van der Waals surface area (Å²) in [6.45, 7) is 4.77. The Bertz CT molecular complexity index is 2520. The van der Waals surface area contributed by atoms with Crippen LogP contribution in [0.4, 0.5) is 13.2 Å². The maximum absolute atomic E-state index is 15.2. The standard InChI is InChI=1S/C51H53ClF3NO7/c1-46-19-16-34(57)27-48(46)22-23-50(36(28-48)45(59)40-15-14-38(63-40)35-26-33(51(53,54)55)11-12-37(35)52)42(46)17-20-47(2)43(50)18-21-49(47,60)30-56(29-31-8-6-5-7-9-31)44(58)25-32-10-13-39(61-3)41(24-32)62-4/h5-15,22-24,26,28,34,42-43,57,60H,16-21,25,27,29-30H2,1-4H3. The number of rotatable bonds is 11. The third kappa shape index (κ3) is 6.78. The van der Waals surface area contributed by atoms with Crippen molar-refractivity contribution in [2.24, 2.45) is 33.5 Å². The van der Waals surface area contributed by atoms with E-state index in [0.29, 0.717) is 55.6 Å². The first kappa shape index (κ1) is 43.4. The van der Waals surface area contributed by atoms with E-state index in [4.69, 9.17) is 25.5 Å². The normalized spacial score (nSPS) is 31.7. The minimum absolute atomic E-state index is 0.0219. The predicted molar refractivity (Wildman–Crippen MR) is 232 cm³/mol. The number of ketones is 1. The highest BCUT2D eigenvalue weighted by molar-refractivity contribution is 6.33. The van der Waals surface area contributed by atoms with Crippen molar-refractivity contribution < 1.29 is 46.9 Å². The monoisotopic (exact) mass is 883 g/mol. The van der Waals surface area contributed by atoms with Gasteiger partial charge in [0, 0.05) is 33.9 Å². The third-order valence-corrected chi connectivity index (χ3v) is 16.5. The van der Waals surface area contributed by atoms with Crippen LogP contribution < -0.4 is 9.47 Å². The largest absolute Gasteiger partial charge is 0.493 e. The average Bonchev–Trinajstić information content (AvgIpc) is 3.85. The molecule has 8 nitrogen and oxygen atoms in total. The van der Waals surface area contributed by atoms with Crippen LogP contribution in [0.15, 0.2) is 107 Å². The quantitative estimate of drug-likeness (QED) is 0.114. The SMILES string of the molecule is COc1ccc(CC(=O)N(Cc2ccccc2)CC2(O)CCC3C45C=CC6(C=C4C(=O)c4ccc(-c7cc(C(F)(F)F)ccc7Cl)o4)CC(O)CCC6(C)C5CCC32C)cc1OC. The minimum atomic E-state index is -4.61. The number of allylic oxidation sites excluding steroid dienone is 4. The molecule has 10 rings (SSSR count). The van der Waals surface area contributed by atoms with Gasteiger partial charge in [-0.3, -0.25) is 9.59 Å². The van der Waals surface area contributed by atoms with Gasteiger partial charge in [0.25, 0.3) is 0 Å². The zero-order chi connectivity index (χ0) is 44.7. The molecule has 1 heterocycles. The van der Waals surface area contributed by atoms with Crippen LogP contribution in [0.2, 0.25) is 5.02 Å². The number of fused-ring (bicyclic) bond motifs is 1. The summed E-state index contributed by atoms with van der Waals surface area (Å²) in [4.78, 5) is 31.5. The molecule has 0 aliphatic heterocycles. The van der Waals surface area contributed by atoms with Gasteiger partial charge in [0.05, 0.1) is 49.5 Å². The van der Waals surface area contributed by atoms with Crippen LogP contribution in [0.3, 0.4) is 0 Å². The van der Waals surface area contributed by atoms with Crippen molar-refractivity contribution >= 4 is 23.3 Å². The van der Waals surface area contributed by atoms with Crippen LogP contribution in [0.5, 0.6) is 11.5 Å². The number of furan rings is 1. The second-order valence-electron chi connectivity index (χ2n) is 19.1. The summed E-state index contributed by atoms with van der Waals surface area (Å²) in [7, 11) is 3.11. The van der Waals surface area contributed by atoms with Crippen LogP contribution in [0, 0.1) is 33.5 Å². The summed E-state index contributed by atoms with van der Waals surface area (Å²) in [5.41, 5.74) is -2.53. The van der Waals surface area contributed by atoms with E-state index >= 15 is 4.79 Å². The molecule has 63 heavy (non-hydrogen) atoms. The maximum Gasteiger partial charge on any atom is 0.416 e. The molecule has 1 aromatic heterocycles. The molecule has 12 heteroatoms. The van der Waals surface area contributed by atoms with Gasteiger partial charge in [0.1, 0.15) is 5.76 Å².